The van der Waals surface area contributed by atoms with E-state index in [1.165, 1.54) is 0 Å². The number of carbonyl (C=O) groups excluding carboxylic acids is 3. The van der Waals surface area contributed by atoms with Crippen LogP contribution in [0.3, 0.4) is 0 Å². The summed E-state index contributed by atoms with van der Waals surface area (Å²) in [6, 6.07) is 5.36. The first-order valence-corrected chi connectivity index (χ1v) is 12.7. The van der Waals surface area contributed by atoms with Gasteiger partial charge in [0, 0.05) is 12.8 Å². The van der Waals surface area contributed by atoms with Crippen LogP contribution in [0.4, 0.5) is 17.1 Å². The number of anilines is 3. The Morgan fingerprint density at radius 1 is 0.818 bits per heavy atom. The predicted octanol–water partition coefficient (Wildman–Crippen LogP) is 6.88. The van der Waals surface area contributed by atoms with E-state index in [0.717, 1.165) is 57.8 Å². The summed E-state index contributed by atoms with van der Waals surface area (Å²) < 4.78 is 0. The quantitative estimate of drug-likeness (QED) is 0.358. The molecule has 1 aliphatic carbocycles. The second-order valence-electron chi connectivity index (χ2n) is 10.4. The number of unbranched alkanes of at least 4 members (excludes halogenated alkanes) is 2. The molecule has 3 N–H and O–H groups in total. The summed E-state index contributed by atoms with van der Waals surface area (Å²) in [7, 11) is 0. The van der Waals surface area contributed by atoms with Gasteiger partial charge in [0.15, 0.2) is 0 Å². The number of para-hydroxylation sites is 1. The van der Waals surface area contributed by atoms with Crippen LogP contribution in [0.2, 0.25) is 0 Å². The average Bonchev–Trinajstić information content (AvgIpc) is 2.78. The minimum absolute atomic E-state index is 0.0333. The van der Waals surface area contributed by atoms with E-state index in [9.17, 15) is 14.4 Å². The van der Waals surface area contributed by atoms with Crippen LogP contribution in [0, 0.1) is 10.8 Å². The molecule has 1 aromatic rings. The Kier molecular flexibility index (Phi) is 9.93. The maximum atomic E-state index is 13.8. The fourth-order valence-corrected chi connectivity index (χ4v) is 4.70. The van der Waals surface area contributed by atoms with Crippen molar-refractivity contribution in [3.63, 3.8) is 0 Å². The Hall–Kier alpha value is -2.37. The molecule has 6 nitrogen and oxygen atoms in total. The Bertz CT molecular complexity index is 780. The number of benzene rings is 1. The molecule has 0 aliphatic heterocycles. The lowest BCUT2D eigenvalue weighted by Crippen LogP contribution is -2.47. The standard InChI is InChI=1S/C27H43N3O3/c1-6-8-16-22(31)28-20-14-13-15-21(29-23(32)17-9-7-2)24(20)30-25(33)27(26(3,4)5)18-11-10-12-19-27/h13-15H,6-12,16-19H2,1-5H3,(H,28,31)(H,29,32)(H,30,33). The molecule has 2 rings (SSSR count). The highest BCUT2D eigenvalue weighted by molar-refractivity contribution is 6.07. The first-order chi connectivity index (χ1) is 15.6. The monoisotopic (exact) mass is 457 g/mol. The molecule has 0 radical (unpaired) electrons. The van der Waals surface area contributed by atoms with Crippen LogP contribution in [0.15, 0.2) is 18.2 Å². The first-order valence-electron chi connectivity index (χ1n) is 12.7. The molecule has 0 saturated heterocycles. The van der Waals surface area contributed by atoms with Gasteiger partial charge in [-0.25, -0.2) is 0 Å². The van der Waals surface area contributed by atoms with Crippen molar-refractivity contribution in [2.24, 2.45) is 10.8 Å². The molecule has 0 heterocycles. The van der Waals surface area contributed by atoms with E-state index < -0.39 is 5.41 Å². The number of nitrogens with one attached hydrogen (secondary N) is 3. The summed E-state index contributed by atoms with van der Waals surface area (Å²) >= 11 is 0. The van der Waals surface area contributed by atoms with Gasteiger partial charge < -0.3 is 16.0 Å². The molecule has 1 saturated carbocycles. The minimum atomic E-state index is -0.492. The normalized spacial score (nSPS) is 15.5. The number of hydrogen-bond donors (Lipinski definition) is 3. The fourth-order valence-electron chi connectivity index (χ4n) is 4.70. The smallest absolute Gasteiger partial charge is 0.231 e. The molecule has 1 aliphatic rings. The second kappa shape index (κ2) is 12.2. The maximum Gasteiger partial charge on any atom is 0.231 e. The lowest BCUT2D eigenvalue weighted by Gasteiger charge is -2.46. The predicted molar refractivity (Wildman–Crippen MR) is 136 cm³/mol. The molecule has 6 heteroatoms. The summed E-state index contributed by atoms with van der Waals surface area (Å²) in [5.41, 5.74) is 0.830. The summed E-state index contributed by atoms with van der Waals surface area (Å²) in [4.78, 5) is 38.8. The number of amides is 3. The van der Waals surface area contributed by atoms with Crippen molar-refractivity contribution in [3.8, 4) is 0 Å². The molecular weight excluding hydrogens is 414 g/mol. The van der Waals surface area contributed by atoms with Gasteiger partial charge in [0.05, 0.1) is 22.5 Å². The SMILES string of the molecule is CCCCC(=O)Nc1cccc(NC(=O)CCCC)c1NC(=O)C1(C(C)(C)C)CCCCC1. The van der Waals surface area contributed by atoms with Crippen LogP contribution in [-0.4, -0.2) is 17.7 Å². The topological polar surface area (TPSA) is 87.3 Å². The molecule has 0 unspecified atom stereocenters. The van der Waals surface area contributed by atoms with Gasteiger partial charge in [0.2, 0.25) is 17.7 Å². The van der Waals surface area contributed by atoms with Crippen LogP contribution in [0.25, 0.3) is 0 Å². The minimum Gasteiger partial charge on any atom is -0.324 e. The Labute approximate surface area is 199 Å². The van der Waals surface area contributed by atoms with Crippen molar-refractivity contribution in [2.75, 3.05) is 16.0 Å². The molecule has 3 amide bonds. The van der Waals surface area contributed by atoms with Crippen molar-refractivity contribution in [2.45, 2.75) is 105 Å². The Balaban J connectivity index is 2.40. The summed E-state index contributed by atoms with van der Waals surface area (Å²) in [6.45, 7) is 10.5. The highest BCUT2D eigenvalue weighted by atomic mass is 16.2. The van der Waals surface area contributed by atoms with Crippen molar-refractivity contribution in [3.05, 3.63) is 18.2 Å². The molecule has 0 spiro atoms. The van der Waals surface area contributed by atoms with Gasteiger partial charge in [0.25, 0.3) is 0 Å². The zero-order valence-electron chi connectivity index (χ0n) is 21.2. The summed E-state index contributed by atoms with van der Waals surface area (Å²) in [6.07, 6.45) is 9.18. The van der Waals surface area contributed by atoms with E-state index >= 15 is 0 Å². The molecule has 1 aromatic carbocycles. The van der Waals surface area contributed by atoms with Crippen LogP contribution in [-0.2, 0) is 14.4 Å². The van der Waals surface area contributed by atoms with E-state index in [4.69, 9.17) is 0 Å². The van der Waals surface area contributed by atoms with Gasteiger partial charge in [-0.15, -0.1) is 0 Å². The van der Waals surface area contributed by atoms with Crippen molar-refractivity contribution >= 4 is 34.8 Å². The van der Waals surface area contributed by atoms with E-state index in [0.29, 0.717) is 29.9 Å². The molecule has 184 valence electrons. The van der Waals surface area contributed by atoms with Crippen molar-refractivity contribution in [1.29, 1.82) is 0 Å². The fraction of sp³-hybridized carbons (Fsp3) is 0.667. The van der Waals surface area contributed by atoms with E-state index in [2.05, 4.69) is 36.7 Å². The van der Waals surface area contributed by atoms with Crippen LogP contribution in [0.5, 0.6) is 0 Å². The van der Waals surface area contributed by atoms with Gasteiger partial charge in [-0.3, -0.25) is 14.4 Å². The van der Waals surface area contributed by atoms with Crippen molar-refractivity contribution < 1.29 is 14.4 Å². The Morgan fingerprint density at radius 2 is 1.30 bits per heavy atom. The lowest BCUT2D eigenvalue weighted by atomic mass is 9.59. The summed E-state index contributed by atoms with van der Waals surface area (Å²) in [5.74, 6) is -0.218. The molecular formula is C27H43N3O3. The largest absolute Gasteiger partial charge is 0.324 e. The maximum absolute atomic E-state index is 13.8. The van der Waals surface area contributed by atoms with Gasteiger partial charge >= 0.3 is 0 Å². The van der Waals surface area contributed by atoms with Gasteiger partial charge in [-0.2, -0.15) is 0 Å². The summed E-state index contributed by atoms with van der Waals surface area (Å²) in [5, 5.41) is 9.06. The Morgan fingerprint density at radius 3 is 1.73 bits per heavy atom. The third kappa shape index (κ3) is 7.05. The van der Waals surface area contributed by atoms with E-state index in [1.54, 1.807) is 18.2 Å². The molecule has 1 fully saturated rings. The highest BCUT2D eigenvalue weighted by Crippen LogP contribution is 2.50. The third-order valence-corrected chi connectivity index (χ3v) is 6.94. The van der Waals surface area contributed by atoms with Gasteiger partial charge in [0.1, 0.15) is 0 Å². The third-order valence-electron chi connectivity index (χ3n) is 6.94. The zero-order chi connectivity index (χ0) is 24.5. The highest BCUT2D eigenvalue weighted by Gasteiger charge is 2.48. The second-order valence-corrected chi connectivity index (χ2v) is 10.4. The molecule has 33 heavy (non-hydrogen) atoms. The van der Waals surface area contributed by atoms with Crippen LogP contribution in [0.1, 0.15) is 105 Å². The number of hydrogen-bond acceptors (Lipinski definition) is 3. The van der Waals surface area contributed by atoms with E-state index in [1.807, 2.05) is 13.8 Å². The molecule has 0 aromatic heterocycles. The van der Waals surface area contributed by atoms with Crippen molar-refractivity contribution in [1.82, 2.24) is 0 Å². The van der Waals surface area contributed by atoms with Crippen LogP contribution < -0.4 is 16.0 Å². The average molecular weight is 458 g/mol. The van der Waals surface area contributed by atoms with E-state index in [-0.39, 0.29) is 23.1 Å². The zero-order valence-corrected chi connectivity index (χ0v) is 21.2. The van der Waals surface area contributed by atoms with Crippen LogP contribution >= 0.6 is 0 Å². The van der Waals surface area contributed by atoms with Gasteiger partial charge in [-0.1, -0.05) is 72.8 Å². The lowest BCUT2D eigenvalue weighted by molar-refractivity contribution is -0.135. The number of carbonyl (C=O) groups is 3. The molecule has 0 atom stereocenters. The van der Waals surface area contributed by atoms with Gasteiger partial charge in [-0.05, 0) is 43.2 Å². The molecule has 0 bridgehead atoms. The number of rotatable bonds is 10. The first kappa shape index (κ1) is 26.9.